The SMILES string of the molecule is CCOC(=O)CCNC(=O)C(c1cccc(C)c1)N(C(=O)C(Cc1ccccc1)NC(=O)OC(C)(C)C)C(C)CC. The summed E-state index contributed by atoms with van der Waals surface area (Å²) < 4.78 is 10.5. The molecule has 0 aliphatic heterocycles. The molecular formula is C32H45N3O6. The van der Waals surface area contributed by atoms with Gasteiger partial charge >= 0.3 is 12.1 Å². The van der Waals surface area contributed by atoms with Gasteiger partial charge in [0.05, 0.1) is 13.0 Å². The van der Waals surface area contributed by atoms with Crippen LogP contribution in [-0.4, -0.2) is 59.6 Å². The molecule has 0 bridgehead atoms. The van der Waals surface area contributed by atoms with Crippen LogP contribution >= 0.6 is 0 Å². The summed E-state index contributed by atoms with van der Waals surface area (Å²) in [6.07, 6.45) is 0.0570. The van der Waals surface area contributed by atoms with Crippen LogP contribution in [0.3, 0.4) is 0 Å². The Labute approximate surface area is 244 Å². The molecule has 9 nitrogen and oxygen atoms in total. The number of amides is 3. The molecule has 2 aromatic carbocycles. The number of carbonyl (C=O) groups is 4. The van der Waals surface area contributed by atoms with Gasteiger partial charge in [-0.3, -0.25) is 14.4 Å². The maximum absolute atomic E-state index is 14.4. The lowest BCUT2D eigenvalue weighted by molar-refractivity contribution is -0.146. The number of alkyl carbamates (subject to hydrolysis) is 1. The van der Waals surface area contributed by atoms with Gasteiger partial charge in [-0.25, -0.2) is 4.79 Å². The van der Waals surface area contributed by atoms with Crippen LogP contribution in [0.5, 0.6) is 0 Å². The number of nitrogens with zero attached hydrogens (tertiary/aromatic N) is 1. The third-order valence-corrected chi connectivity index (χ3v) is 6.41. The van der Waals surface area contributed by atoms with E-state index in [4.69, 9.17) is 9.47 Å². The average molecular weight is 568 g/mol. The molecule has 2 aromatic rings. The van der Waals surface area contributed by atoms with Gasteiger partial charge < -0.3 is 25.0 Å². The molecule has 0 aliphatic carbocycles. The first-order chi connectivity index (χ1) is 19.4. The van der Waals surface area contributed by atoms with E-state index in [0.717, 1.165) is 11.1 Å². The highest BCUT2D eigenvalue weighted by Crippen LogP contribution is 2.27. The Morgan fingerprint density at radius 2 is 1.66 bits per heavy atom. The zero-order chi connectivity index (χ0) is 30.6. The van der Waals surface area contributed by atoms with Crippen LogP contribution < -0.4 is 10.6 Å². The molecule has 2 N–H and O–H groups in total. The number of ether oxygens (including phenoxy) is 2. The van der Waals surface area contributed by atoms with E-state index in [1.165, 1.54) is 0 Å². The molecule has 3 unspecified atom stereocenters. The molecular weight excluding hydrogens is 522 g/mol. The van der Waals surface area contributed by atoms with E-state index in [-0.39, 0.29) is 32.0 Å². The van der Waals surface area contributed by atoms with Crippen molar-refractivity contribution >= 4 is 23.9 Å². The highest BCUT2D eigenvalue weighted by atomic mass is 16.6. The summed E-state index contributed by atoms with van der Waals surface area (Å²) in [5, 5.41) is 5.58. The number of rotatable bonds is 13. The van der Waals surface area contributed by atoms with Crippen LogP contribution in [0.2, 0.25) is 0 Å². The Bertz CT molecular complexity index is 1160. The number of carbonyl (C=O) groups excluding carboxylic acids is 4. The fourth-order valence-electron chi connectivity index (χ4n) is 4.37. The van der Waals surface area contributed by atoms with Crippen molar-refractivity contribution in [2.75, 3.05) is 13.2 Å². The van der Waals surface area contributed by atoms with Gasteiger partial charge in [0, 0.05) is 19.0 Å². The second kappa shape index (κ2) is 15.8. The Morgan fingerprint density at radius 3 is 2.24 bits per heavy atom. The van der Waals surface area contributed by atoms with Gasteiger partial charge in [0.25, 0.3) is 0 Å². The van der Waals surface area contributed by atoms with Crippen LogP contribution in [0.25, 0.3) is 0 Å². The van der Waals surface area contributed by atoms with Crippen molar-refractivity contribution in [2.45, 2.75) is 91.5 Å². The maximum Gasteiger partial charge on any atom is 0.408 e. The Kier molecular flexibility index (Phi) is 12.8. The molecule has 0 radical (unpaired) electrons. The third-order valence-electron chi connectivity index (χ3n) is 6.41. The van der Waals surface area contributed by atoms with Crippen molar-refractivity contribution in [1.29, 1.82) is 0 Å². The molecule has 2 rings (SSSR count). The van der Waals surface area contributed by atoms with Crippen molar-refractivity contribution < 1.29 is 28.7 Å². The number of esters is 1. The normalized spacial score (nSPS) is 13.3. The highest BCUT2D eigenvalue weighted by Gasteiger charge is 2.38. The number of hydrogen-bond donors (Lipinski definition) is 2. The predicted molar refractivity (Wildman–Crippen MR) is 158 cm³/mol. The molecule has 3 atom stereocenters. The minimum absolute atomic E-state index is 0.00816. The molecule has 41 heavy (non-hydrogen) atoms. The number of benzene rings is 2. The first-order valence-electron chi connectivity index (χ1n) is 14.2. The van der Waals surface area contributed by atoms with E-state index in [2.05, 4.69) is 10.6 Å². The van der Waals surface area contributed by atoms with Gasteiger partial charge in [0.1, 0.15) is 17.7 Å². The first-order valence-corrected chi connectivity index (χ1v) is 14.2. The van der Waals surface area contributed by atoms with Gasteiger partial charge in [-0.2, -0.15) is 0 Å². The van der Waals surface area contributed by atoms with Crippen LogP contribution in [0.4, 0.5) is 4.79 Å². The highest BCUT2D eigenvalue weighted by molar-refractivity contribution is 5.92. The van der Waals surface area contributed by atoms with E-state index in [0.29, 0.717) is 12.0 Å². The smallest absolute Gasteiger partial charge is 0.408 e. The molecule has 9 heteroatoms. The van der Waals surface area contributed by atoms with Gasteiger partial charge in [0.2, 0.25) is 11.8 Å². The topological polar surface area (TPSA) is 114 Å². The van der Waals surface area contributed by atoms with Gasteiger partial charge in [-0.05, 0) is 59.1 Å². The fourth-order valence-corrected chi connectivity index (χ4v) is 4.37. The third kappa shape index (κ3) is 10.9. The molecule has 224 valence electrons. The molecule has 0 fully saturated rings. The maximum atomic E-state index is 14.4. The van der Waals surface area contributed by atoms with Crippen molar-refractivity contribution in [2.24, 2.45) is 0 Å². The van der Waals surface area contributed by atoms with Gasteiger partial charge in [0.15, 0.2) is 0 Å². The van der Waals surface area contributed by atoms with Crippen molar-refractivity contribution in [3.63, 3.8) is 0 Å². The Balaban J connectivity index is 2.51. The van der Waals surface area contributed by atoms with Crippen molar-refractivity contribution in [1.82, 2.24) is 15.5 Å². The summed E-state index contributed by atoms with van der Waals surface area (Å²) in [7, 11) is 0. The minimum Gasteiger partial charge on any atom is -0.466 e. The molecule has 0 aliphatic rings. The summed E-state index contributed by atoms with van der Waals surface area (Å²) >= 11 is 0. The lowest BCUT2D eigenvalue weighted by atomic mass is 9.97. The van der Waals surface area contributed by atoms with Crippen molar-refractivity contribution in [3.8, 4) is 0 Å². The lowest BCUT2D eigenvalue weighted by Crippen LogP contribution is -2.56. The zero-order valence-electron chi connectivity index (χ0n) is 25.4. The van der Waals surface area contributed by atoms with E-state index >= 15 is 0 Å². The molecule has 3 amide bonds. The predicted octanol–water partition coefficient (Wildman–Crippen LogP) is 4.87. The van der Waals surface area contributed by atoms with Gasteiger partial charge in [-0.1, -0.05) is 67.1 Å². The first kappa shape index (κ1) is 33.3. The van der Waals surface area contributed by atoms with E-state index in [1.54, 1.807) is 38.7 Å². The largest absolute Gasteiger partial charge is 0.466 e. The van der Waals surface area contributed by atoms with Gasteiger partial charge in [-0.15, -0.1) is 0 Å². The fraction of sp³-hybridized carbons (Fsp3) is 0.500. The average Bonchev–Trinajstić information content (AvgIpc) is 2.90. The molecule has 0 saturated carbocycles. The van der Waals surface area contributed by atoms with Crippen LogP contribution in [0.15, 0.2) is 54.6 Å². The summed E-state index contributed by atoms with van der Waals surface area (Å²) in [4.78, 5) is 54.5. The van der Waals surface area contributed by atoms with E-state index < -0.39 is 41.6 Å². The molecule has 0 heterocycles. The summed E-state index contributed by atoms with van der Waals surface area (Å²) in [5.74, 6) is -1.26. The summed E-state index contributed by atoms with van der Waals surface area (Å²) in [6.45, 7) is 13.0. The van der Waals surface area contributed by atoms with Crippen LogP contribution in [-0.2, 0) is 30.3 Å². The number of nitrogens with one attached hydrogen (secondary N) is 2. The molecule has 0 saturated heterocycles. The zero-order valence-corrected chi connectivity index (χ0v) is 25.4. The monoisotopic (exact) mass is 567 g/mol. The van der Waals surface area contributed by atoms with E-state index in [9.17, 15) is 19.2 Å². The van der Waals surface area contributed by atoms with E-state index in [1.807, 2.05) is 69.3 Å². The standard InChI is InChI=1S/C32H45N3O6/c1-8-23(4)35(28(25-17-13-14-22(3)20-25)29(37)33-19-18-27(36)40-9-2)30(38)26(21-24-15-11-10-12-16-24)34-31(39)41-32(5,6)7/h10-17,20,23,26,28H,8-9,18-19,21H2,1-7H3,(H,33,37)(H,34,39). The van der Waals surface area contributed by atoms with Crippen molar-refractivity contribution in [3.05, 3.63) is 71.3 Å². The van der Waals surface area contributed by atoms with Crippen LogP contribution in [0.1, 0.15) is 77.1 Å². The second-order valence-corrected chi connectivity index (χ2v) is 11.1. The summed E-state index contributed by atoms with van der Waals surface area (Å²) in [6, 6.07) is 14.4. The minimum atomic E-state index is -1.00. The summed E-state index contributed by atoms with van der Waals surface area (Å²) in [5.41, 5.74) is 1.64. The molecule has 0 aromatic heterocycles. The quantitative estimate of drug-likeness (QED) is 0.334. The number of aryl methyl sites for hydroxylation is 1. The van der Waals surface area contributed by atoms with Crippen LogP contribution in [0, 0.1) is 6.92 Å². The second-order valence-electron chi connectivity index (χ2n) is 11.1. The lowest BCUT2D eigenvalue weighted by Gasteiger charge is -2.38. The Hall–Kier alpha value is -3.88. The number of hydrogen-bond acceptors (Lipinski definition) is 6. The Morgan fingerprint density at radius 1 is 0.976 bits per heavy atom. The molecule has 0 spiro atoms.